The Morgan fingerprint density at radius 2 is 2.15 bits per heavy atom. The Morgan fingerprint density at radius 1 is 1.35 bits per heavy atom. The highest BCUT2D eigenvalue weighted by molar-refractivity contribution is 7.15. The van der Waals surface area contributed by atoms with Crippen LogP contribution in [0.3, 0.4) is 0 Å². The number of hydrogen-bond donors (Lipinski definition) is 1. The summed E-state index contributed by atoms with van der Waals surface area (Å²) in [5.74, 6) is -0.153. The zero-order chi connectivity index (χ0) is 18.7. The van der Waals surface area contributed by atoms with Crippen LogP contribution in [0.15, 0.2) is 36.5 Å². The molecule has 7 heteroatoms. The molecule has 0 aliphatic carbocycles. The van der Waals surface area contributed by atoms with E-state index in [4.69, 9.17) is 4.74 Å². The standard InChI is InChI=1S/C19H22N4O2S/c1-12-13(2)26-19(21-12)15-7-5-6-14(10-15)18(24)22-16(11-25-4)17-8-9-20-23(17)3/h5-10,16H,11H2,1-4H3,(H,22,24)/t16-/m1/s1. The molecule has 0 fully saturated rings. The molecule has 0 bridgehead atoms. The van der Waals surface area contributed by atoms with Crippen LogP contribution in [0.4, 0.5) is 0 Å². The van der Waals surface area contributed by atoms with Crippen molar-refractivity contribution in [2.75, 3.05) is 13.7 Å². The molecule has 136 valence electrons. The molecule has 0 radical (unpaired) electrons. The molecule has 2 heterocycles. The summed E-state index contributed by atoms with van der Waals surface area (Å²) >= 11 is 1.64. The number of aryl methyl sites for hydroxylation is 3. The van der Waals surface area contributed by atoms with E-state index in [1.165, 1.54) is 4.88 Å². The van der Waals surface area contributed by atoms with Crippen LogP contribution in [-0.4, -0.2) is 34.4 Å². The van der Waals surface area contributed by atoms with Gasteiger partial charge in [0.2, 0.25) is 0 Å². The lowest BCUT2D eigenvalue weighted by molar-refractivity contribution is 0.0892. The number of nitrogens with zero attached hydrogens (tertiary/aromatic N) is 3. The number of hydrogen-bond acceptors (Lipinski definition) is 5. The molecular weight excluding hydrogens is 348 g/mol. The van der Waals surface area contributed by atoms with Gasteiger partial charge in [-0.05, 0) is 32.0 Å². The lowest BCUT2D eigenvalue weighted by atomic mass is 10.1. The van der Waals surface area contributed by atoms with E-state index < -0.39 is 0 Å². The minimum absolute atomic E-state index is 0.153. The van der Waals surface area contributed by atoms with Crippen LogP contribution in [-0.2, 0) is 11.8 Å². The van der Waals surface area contributed by atoms with Crippen LogP contribution >= 0.6 is 11.3 Å². The largest absolute Gasteiger partial charge is 0.382 e. The second kappa shape index (κ2) is 7.80. The van der Waals surface area contributed by atoms with Gasteiger partial charge in [0.25, 0.3) is 5.91 Å². The molecule has 0 saturated carbocycles. The highest BCUT2D eigenvalue weighted by Crippen LogP contribution is 2.28. The third-order valence-corrected chi connectivity index (χ3v) is 5.38. The maximum absolute atomic E-state index is 12.8. The van der Waals surface area contributed by atoms with E-state index >= 15 is 0 Å². The maximum Gasteiger partial charge on any atom is 0.251 e. The van der Waals surface area contributed by atoms with E-state index in [2.05, 4.69) is 22.3 Å². The predicted molar refractivity (Wildman–Crippen MR) is 102 cm³/mol. The van der Waals surface area contributed by atoms with Crippen LogP contribution < -0.4 is 5.32 Å². The van der Waals surface area contributed by atoms with Crippen molar-refractivity contribution in [3.05, 3.63) is 58.4 Å². The third-order valence-electron chi connectivity index (χ3n) is 4.25. The number of nitrogens with one attached hydrogen (secondary N) is 1. The van der Waals surface area contributed by atoms with E-state index in [1.807, 2.05) is 38.2 Å². The average molecular weight is 370 g/mol. The predicted octanol–water partition coefficient (Wildman–Crippen LogP) is 3.28. The Morgan fingerprint density at radius 3 is 2.77 bits per heavy atom. The molecule has 1 N–H and O–H groups in total. The number of methoxy groups -OCH3 is 1. The smallest absolute Gasteiger partial charge is 0.251 e. The topological polar surface area (TPSA) is 69.0 Å². The second-order valence-electron chi connectivity index (χ2n) is 6.10. The molecule has 3 rings (SSSR count). The first kappa shape index (κ1) is 18.3. The van der Waals surface area contributed by atoms with Gasteiger partial charge in [0.05, 0.1) is 24.0 Å². The first-order valence-corrected chi connectivity index (χ1v) is 9.13. The van der Waals surface area contributed by atoms with Crippen molar-refractivity contribution in [3.63, 3.8) is 0 Å². The van der Waals surface area contributed by atoms with Crippen LogP contribution in [0.2, 0.25) is 0 Å². The molecule has 6 nitrogen and oxygen atoms in total. The molecule has 0 unspecified atom stereocenters. The van der Waals surface area contributed by atoms with E-state index in [0.29, 0.717) is 12.2 Å². The molecular formula is C19H22N4O2S. The number of carbonyl (C=O) groups is 1. The van der Waals surface area contributed by atoms with Crippen LogP contribution in [0, 0.1) is 13.8 Å². The summed E-state index contributed by atoms with van der Waals surface area (Å²) in [7, 11) is 3.46. The lowest BCUT2D eigenvalue weighted by Crippen LogP contribution is -2.32. The Kier molecular flexibility index (Phi) is 5.49. The summed E-state index contributed by atoms with van der Waals surface area (Å²) in [6.45, 7) is 4.42. The summed E-state index contributed by atoms with van der Waals surface area (Å²) in [6, 6.07) is 9.14. The number of amides is 1. The van der Waals surface area contributed by atoms with Crippen molar-refractivity contribution in [2.45, 2.75) is 19.9 Å². The first-order valence-electron chi connectivity index (χ1n) is 8.31. The number of thiazole rings is 1. The van der Waals surface area contributed by atoms with Crippen LogP contribution in [0.1, 0.15) is 32.7 Å². The molecule has 0 aliphatic heterocycles. The van der Waals surface area contributed by atoms with Crippen LogP contribution in [0.5, 0.6) is 0 Å². The first-order chi connectivity index (χ1) is 12.5. The summed E-state index contributed by atoms with van der Waals surface area (Å²) < 4.78 is 7.00. The molecule has 0 spiro atoms. The summed E-state index contributed by atoms with van der Waals surface area (Å²) in [5.41, 5.74) is 3.46. The molecule has 1 amide bonds. The van der Waals surface area contributed by atoms with Crippen molar-refractivity contribution in [3.8, 4) is 10.6 Å². The molecule has 0 saturated heterocycles. The summed E-state index contributed by atoms with van der Waals surface area (Å²) in [6.07, 6.45) is 1.71. The van der Waals surface area contributed by atoms with Crippen molar-refractivity contribution in [1.82, 2.24) is 20.1 Å². The second-order valence-corrected chi connectivity index (χ2v) is 7.31. The quantitative estimate of drug-likeness (QED) is 0.723. The highest BCUT2D eigenvalue weighted by atomic mass is 32.1. The monoisotopic (exact) mass is 370 g/mol. The Hall–Kier alpha value is -2.51. The fourth-order valence-corrected chi connectivity index (χ4v) is 3.64. The van der Waals surface area contributed by atoms with E-state index in [0.717, 1.165) is 22.0 Å². The van der Waals surface area contributed by atoms with Gasteiger partial charge in [-0.15, -0.1) is 11.3 Å². The molecule has 26 heavy (non-hydrogen) atoms. The minimum Gasteiger partial charge on any atom is -0.382 e. The molecule has 3 aromatic rings. The van der Waals surface area contributed by atoms with E-state index in [1.54, 1.807) is 35.4 Å². The lowest BCUT2D eigenvalue weighted by Gasteiger charge is -2.18. The molecule has 0 aliphatic rings. The fraction of sp³-hybridized carbons (Fsp3) is 0.316. The number of carbonyl (C=O) groups excluding carboxylic acids is 1. The zero-order valence-corrected chi connectivity index (χ0v) is 16.1. The number of rotatable bonds is 6. The Bertz CT molecular complexity index is 896. The van der Waals surface area contributed by atoms with Gasteiger partial charge >= 0.3 is 0 Å². The van der Waals surface area contributed by atoms with Crippen LogP contribution in [0.25, 0.3) is 10.6 Å². The van der Waals surface area contributed by atoms with Crippen molar-refractivity contribution in [2.24, 2.45) is 7.05 Å². The maximum atomic E-state index is 12.8. The SMILES string of the molecule is COC[C@@H](NC(=O)c1cccc(-c2nc(C)c(C)s2)c1)c1ccnn1C. The molecule has 1 aromatic carbocycles. The van der Waals surface area contributed by atoms with Gasteiger partial charge in [0.1, 0.15) is 5.01 Å². The van der Waals surface area contributed by atoms with Gasteiger partial charge < -0.3 is 10.1 Å². The van der Waals surface area contributed by atoms with Crippen molar-refractivity contribution < 1.29 is 9.53 Å². The highest BCUT2D eigenvalue weighted by Gasteiger charge is 2.19. The fourth-order valence-electron chi connectivity index (χ4n) is 2.72. The van der Waals surface area contributed by atoms with E-state index in [-0.39, 0.29) is 11.9 Å². The van der Waals surface area contributed by atoms with Gasteiger partial charge in [0.15, 0.2) is 0 Å². The minimum atomic E-state index is -0.270. The zero-order valence-electron chi connectivity index (χ0n) is 15.3. The van der Waals surface area contributed by atoms with Crippen molar-refractivity contribution in [1.29, 1.82) is 0 Å². The number of benzene rings is 1. The Balaban J connectivity index is 1.83. The van der Waals surface area contributed by atoms with E-state index in [9.17, 15) is 4.79 Å². The molecule has 1 atom stereocenters. The average Bonchev–Trinajstić information content (AvgIpc) is 3.20. The number of aromatic nitrogens is 3. The summed E-state index contributed by atoms with van der Waals surface area (Å²) in [5, 5.41) is 8.12. The van der Waals surface area contributed by atoms with Gasteiger partial charge in [-0.25, -0.2) is 4.98 Å². The third kappa shape index (κ3) is 3.84. The molecule has 2 aromatic heterocycles. The summed E-state index contributed by atoms with van der Waals surface area (Å²) in [4.78, 5) is 18.5. The normalized spacial score (nSPS) is 12.2. The van der Waals surface area contributed by atoms with Gasteiger partial charge in [-0.1, -0.05) is 12.1 Å². The number of ether oxygens (including phenoxy) is 1. The van der Waals surface area contributed by atoms with Gasteiger partial charge in [-0.2, -0.15) is 5.10 Å². The van der Waals surface area contributed by atoms with Crippen molar-refractivity contribution >= 4 is 17.2 Å². The van der Waals surface area contributed by atoms with Gasteiger partial charge in [-0.3, -0.25) is 9.48 Å². The Labute approximate surface area is 156 Å². The van der Waals surface area contributed by atoms with Gasteiger partial charge in [0, 0.05) is 36.4 Å².